The number of ether oxygens (including phenoxy) is 1. The molecule has 0 heterocycles. The Morgan fingerprint density at radius 1 is 1.12 bits per heavy atom. The van der Waals surface area contributed by atoms with E-state index in [0.717, 1.165) is 11.3 Å². The van der Waals surface area contributed by atoms with Gasteiger partial charge < -0.3 is 15.4 Å². The highest BCUT2D eigenvalue weighted by atomic mass is 19.3. The smallest absolute Gasteiger partial charge is 0.387 e. The highest BCUT2D eigenvalue weighted by molar-refractivity contribution is 5.80. The zero-order valence-electron chi connectivity index (χ0n) is 12.6. The molecule has 5 nitrogen and oxygen atoms in total. The number of rotatable bonds is 7. The maximum absolute atomic E-state index is 12.0. The second kappa shape index (κ2) is 8.48. The number of nitriles is 1. The summed E-state index contributed by atoms with van der Waals surface area (Å²) in [4.78, 5) is 11.8. The van der Waals surface area contributed by atoms with Crippen LogP contribution in [0.15, 0.2) is 48.5 Å². The molecule has 0 saturated heterocycles. The normalized spacial score (nSPS) is 10.1. The molecular formula is C17H15F2N3O2. The maximum Gasteiger partial charge on any atom is 0.387 e. The fourth-order valence-corrected chi connectivity index (χ4v) is 1.90. The Labute approximate surface area is 137 Å². The molecule has 1 amide bonds. The summed E-state index contributed by atoms with van der Waals surface area (Å²) in [6.45, 7) is -2.50. The fourth-order valence-electron chi connectivity index (χ4n) is 1.90. The summed E-state index contributed by atoms with van der Waals surface area (Å²) in [5.41, 5.74) is 2.05. The quantitative estimate of drug-likeness (QED) is 0.818. The number of anilines is 1. The van der Waals surface area contributed by atoms with E-state index < -0.39 is 6.61 Å². The maximum atomic E-state index is 12.0. The van der Waals surface area contributed by atoms with Gasteiger partial charge in [0.2, 0.25) is 5.91 Å². The summed E-state index contributed by atoms with van der Waals surface area (Å²) < 4.78 is 28.3. The first kappa shape index (κ1) is 17.2. The lowest BCUT2D eigenvalue weighted by molar-refractivity contribution is -0.119. The lowest BCUT2D eigenvalue weighted by atomic mass is 10.2. The molecule has 0 bridgehead atoms. The topological polar surface area (TPSA) is 74.2 Å². The van der Waals surface area contributed by atoms with E-state index in [0.29, 0.717) is 5.56 Å². The van der Waals surface area contributed by atoms with Crippen LogP contribution in [0.1, 0.15) is 11.1 Å². The van der Waals surface area contributed by atoms with Crippen molar-refractivity contribution in [3.63, 3.8) is 0 Å². The SMILES string of the molecule is N#Cc1ccc(NCC(=O)NCc2ccc(OC(F)F)cc2)cc1. The van der Waals surface area contributed by atoms with Gasteiger partial charge in [-0.05, 0) is 42.0 Å². The van der Waals surface area contributed by atoms with Gasteiger partial charge in [0, 0.05) is 12.2 Å². The standard InChI is InChI=1S/C17H15F2N3O2/c18-17(19)24-15-7-3-13(4-8-15)10-22-16(23)11-21-14-5-1-12(9-20)2-6-14/h1-8,17,21H,10-11H2,(H,22,23). The molecule has 24 heavy (non-hydrogen) atoms. The van der Waals surface area contributed by atoms with Gasteiger partial charge >= 0.3 is 6.61 Å². The number of carbonyl (C=O) groups is 1. The Balaban J connectivity index is 1.75. The molecule has 0 aliphatic heterocycles. The lowest BCUT2D eigenvalue weighted by Crippen LogP contribution is -2.29. The number of nitrogens with zero attached hydrogens (tertiary/aromatic N) is 1. The number of hydrogen-bond acceptors (Lipinski definition) is 4. The molecular weight excluding hydrogens is 316 g/mol. The van der Waals surface area contributed by atoms with Crippen molar-refractivity contribution < 1.29 is 18.3 Å². The van der Waals surface area contributed by atoms with E-state index in [1.165, 1.54) is 12.1 Å². The Morgan fingerprint density at radius 2 is 1.79 bits per heavy atom. The third kappa shape index (κ3) is 5.57. The molecule has 7 heteroatoms. The molecule has 0 radical (unpaired) electrons. The molecule has 2 N–H and O–H groups in total. The summed E-state index contributed by atoms with van der Waals surface area (Å²) in [5.74, 6) is -0.144. The Morgan fingerprint density at radius 3 is 2.38 bits per heavy atom. The van der Waals surface area contributed by atoms with Crippen LogP contribution >= 0.6 is 0 Å². The average Bonchev–Trinajstić information content (AvgIpc) is 2.59. The molecule has 0 spiro atoms. The summed E-state index contributed by atoms with van der Waals surface area (Å²) in [6, 6.07) is 14.8. The molecule has 2 rings (SSSR count). The fraction of sp³-hybridized carbons (Fsp3) is 0.176. The van der Waals surface area contributed by atoms with Crippen molar-refractivity contribution in [3.05, 3.63) is 59.7 Å². The van der Waals surface area contributed by atoms with E-state index in [1.54, 1.807) is 36.4 Å². The highest BCUT2D eigenvalue weighted by Gasteiger charge is 2.05. The van der Waals surface area contributed by atoms with Gasteiger partial charge in [0.05, 0.1) is 18.2 Å². The molecule has 0 fully saturated rings. The van der Waals surface area contributed by atoms with Gasteiger partial charge in [0.1, 0.15) is 5.75 Å². The van der Waals surface area contributed by atoms with E-state index >= 15 is 0 Å². The molecule has 0 aromatic heterocycles. The monoisotopic (exact) mass is 331 g/mol. The van der Waals surface area contributed by atoms with Crippen molar-refractivity contribution in [2.24, 2.45) is 0 Å². The molecule has 0 unspecified atom stereocenters. The zero-order chi connectivity index (χ0) is 17.4. The number of benzene rings is 2. The lowest BCUT2D eigenvalue weighted by Gasteiger charge is -2.09. The zero-order valence-corrected chi connectivity index (χ0v) is 12.6. The van der Waals surface area contributed by atoms with Crippen LogP contribution < -0.4 is 15.4 Å². The van der Waals surface area contributed by atoms with Crippen LogP contribution in [0.3, 0.4) is 0 Å². The van der Waals surface area contributed by atoms with Crippen LogP contribution in [0.5, 0.6) is 5.75 Å². The van der Waals surface area contributed by atoms with Gasteiger partial charge in [-0.3, -0.25) is 4.79 Å². The Bertz CT molecular complexity index is 710. The first-order valence-corrected chi connectivity index (χ1v) is 7.11. The molecule has 124 valence electrons. The Kier molecular flexibility index (Phi) is 6.08. The third-order valence-corrected chi connectivity index (χ3v) is 3.11. The number of hydrogen-bond donors (Lipinski definition) is 2. The number of nitrogens with one attached hydrogen (secondary N) is 2. The number of carbonyl (C=O) groups excluding carboxylic acids is 1. The summed E-state index contributed by atoms with van der Waals surface area (Å²) in [5, 5.41) is 14.4. The van der Waals surface area contributed by atoms with Crippen LogP contribution in [-0.4, -0.2) is 19.1 Å². The van der Waals surface area contributed by atoms with E-state index in [-0.39, 0.29) is 24.7 Å². The van der Waals surface area contributed by atoms with Crippen LogP contribution in [0.4, 0.5) is 14.5 Å². The van der Waals surface area contributed by atoms with E-state index in [1.807, 2.05) is 6.07 Å². The Hall–Kier alpha value is -3.14. The van der Waals surface area contributed by atoms with E-state index in [4.69, 9.17) is 5.26 Å². The molecule has 2 aromatic carbocycles. The van der Waals surface area contributed by atoms with Crippen LogP contribution in [0, 0.1) is 11.3 Å². The summed E-state index contributed by atoms with van der Waals surface area (Å²) >= 11 is 0. The van der Waals surface area contributed by atoms with Crippen LogP contribution in [0.2, 0.25) is 0 Å². The number of amides is 1. The molecule has 0 aliphatic rings. The number of halogens is 2. The average molecular weight is 331 g/mol. The minimum absolute atomic E-state index is 0.0718. The van der Waals surface area contributed by atoms with Crippen molar-refractivity contribution in [2.45, 2.75) is 13.2 Å². The van der Waals surface area contributed by atoms with Gasteiger partial charge in [-0.15, -0.1) is 0 Å². The van der Waals surface area contributed by atoms with Gasteiger partial charge in [0.25, 0.3) is 0 Å². The van der Waals surface area contributed by atoms with E-state index in [9.17, 15) is 13.6 Å². The van der Waals surface area contributed by atoms with Crippen molar-refractivity contribution in [1.29, 1.82) is 5.26 Å². The minimum atomic E-state index is -2.86. The predicted molar refractivity (Wildman–Crippen MR) is 84.6 cm³/mol. The molecule has 0 aliphatic carbocycles. The van der Waals surface area contributed by atoms with Gasteiger partial charge in [-0.2, -0.15) is 14.0 Å². The second-order valence-corrected chi connectivity index (χ2v) is 4.84. The van der Waals surface area contributed by atoms with Crippen LogP contribution in [-0.2, 0) is 11.3 Å². The minimum Gasteiger partial charge on any atom is -0.435 e. The van der Waals surface area contributed by atoms with Gasteiger partial charge in [-0.1, -0.05) is 12.1 Å². The van der Waals surface area contributed by atoms with Crippen LogP contribution in [0.25, 0.3) is 0 Å². The van der Waals surface area contributed by atoms with Gasteiger partial charge in [0.15, 0.2) is 0 Å². The first-order chi connectivity index (χ1) is 11.6. The third-order valence-electron chi connectivity index (χ3n) is 3.11. The number of alkyl halides is 2. The summed E-state index contributed by atoms with van der Waals surface area (Å²) in [7, 11) is 0. The predicted octanol–water partition coefficient (Wildman–Crippen LogP) is 2.89. The summed E-state index contributed by atoms with van der Waals surface area (Å²) in [6.07, 6.45) is 0. The van der Waals surface area contributed by atoms with Crippen molar-refractivity contribution in [2.75, 3.05) is 11.9 Å². The largest absolute Gasteiger partial charge is 0.435 e. The van der Waals surface area contributed by atoms with Gasteiger partial charge in [-0.25, -0.2) is 0 Å². The second-order valence-electron chi connectivity index (χ2n) is 4.84. The molecule has 0 saturated carbocycles. The van der Waals surface area contributed by atoms with Crippen molar-refractivity contribution in [3.8, 4) is 11.8 Å². The highest BCUT2D eigenvalue weighted by Crippen LogP contribution is 2.14. The van der Waals surface area contributed by atoms with E-state index in [2.05, 4.69) is 15.4 Å². The first-order valence-electron chi connectivity index (χ1n) is 7.11. The van der Waals surface area contributed by atoms with Crippen molar-refractivity contribution in [1.82, 2.24) is 5.32 Å². The molecule has 2 aromatic rings. The van der Waals surface area contributed by atoms with Crippen molar-refractivity contribution >= 4 is 11.6 Å². The molecule has 0 atom stereocenters.